The summed E-state index contributed by atoms with van der Waals surface area (Å²) in [5, 5.41) is 10.8. The van der Waals surface area contributed by atoms with Gasteiger partial charge in [-0.15, -0.1) is 5.76 Å². The third-order valence-electron chi connectivity index (χ3n) is 1.68. The van der Waals surface area contributed by atoms with Crippen LogP contribution >= 0.6 is 0 Å². The van der Waals surface area contributed by atoms with Crippen LogP contribution in [0.15, 0.2) is 11.3 Å². The molecular formula is C7H11ClMnO. The summed E-state index contributed by atoms with van der Waals surface area (Å²) >= 11 is 0. The summed E-state index contributed by atoms with van der Waals surface area (Å²) in [6, 6.07) is 0. The molecule has 0 bridgehead atoms. The van der Waals surface area contributed by atoms with E-state index in [4.69, 9.17) is 0 Å². The second kappa shape index (κ2) is 6.09. The summed E-state index contributed by atoms with van der Waals surface area (Å²) in [6.45, 7) is 1.95. The number of rotatable bonds is 0. The van der Waals surface area contributed by atoms with E-state index < -0.39 is 0 Å². The Morgan fingerprint density at radius 3 is 2.00 bits per heavy atom. The van der Waals surface area contributed by atoms with Crippen molar-refractivity contribution in [1.82, 2.24) is 0 Å². The molecule has 0 fully saturated rings. The van der Waals surface area contributed by atoms with Gasteiger partial charge in [-0.3, -0.25) is 0 Å². The van der Waals surface area contributed by atoms with Crippen LogP contribution in [0.1, 0.15) is 32.6 Å². The van der Waals surface area contributed by atoms with Crippen LogP contribution < -0.4 is 17.5 Å². The Morgan fingerprint density at radius 1 is 1.20 bits per heavy atom. The Kier molecular flexibility index (Phi) is 7.90. The molecule has 0 aliphatic heterocycles. The molecule has 0 spiro atoms. The number of hydrogen-bond acceptors (Lipinski definition) is 1. The molecular weight excluding hydrogens is 190 g/mol. The van der Waals surface area contributed by atoms with Gasteiger partial charge in [-0.2, -0.15) is 0 Å². The predicted octanol–water partition coefficient (Wildman–Crippen LogP) is -1.80. The van der Waals surface area contributed by atoms with Gasteiger partial charge in [0, 0.05) is 0 Å². The molecule has 1 rings (SSSR count). The molecule has 0 aromatic rings. The van der Waals surface area contributed by atoms with Crippen molar-refractivity contribution < 1.29 is 34.6 Å². The molecule has 0 atom stereocenters. The fourth-order valence-corrected chi connectivity index (χ4v) is 1.03. The fraction of sp³-hybridized carbons (Fsp3) is 0.714. The zero-order chi connectivity index (χ0) is 5.98. The molecule has 0 heterocycles. The Balaban J connectivity index is 0. The molecule has 1 aliphatic carbocycles. The average molecular weight is 202 g/mol. The summed E-state index contributed by atoms with van der Waals surface area (Å²) in [5.74, 6) is 0.385. The van der Waals surface area contributed by atoms with Crippen LogP contribution in [0.2, 0.25) is 0 Å². The van der Waals surface area contributed by atoms with Crippen molar-refractivity contribution in [3.8, 4) is 0 Å². The minimum atomic E-state index is 0. The monoisotopic (exact) mass is 201 g/mol. The van der Waals surface area contributed by atoms with Gasteiger partial charge in [-0.05, 0) is 26.2 Å². The SMILES string of the molecule is CC1=C([O-])CCCC1.[Cl-].[Mn+2]. The second-order valence-corrected chi connectivity index (χ2v) is 2.41. The Morgan fingerprint density at radius 2 is 1.70 bits per heavy atom. The summed E-state index contributed by atoms with van der Waals surface area (Å²) in [6.07, 6.45) is 4.17. The quantitative estimate of drug-likeness (QED) is 0.424. The van der Waals surface area contributed by atoms with Gasteiger partial charge in [0.1, 0.15) is 0 Å². The van der Waals surface area contributed by atoms with Crippen LogP contribution in [0.3, 0.4) is 0 Å². The van der Waals surface area contributed by atoms with Gasteiger partial charge < -0.3 is 17.5 Å². The van der Waals surface area contributed by atoms with Gasteiger partial charge >= 0.3 is 17.1 Å². The average Bonchev–Trinajstić information content (AvgIpc) is 1.77. The summed E-state index contributed by atoms with van der Waals surface area (Å²) in [7, 11) is 0. The van der Waals surface area contributed by atoms with E-state index in [1.54, 1.807) is 0 Å². The Labute approximate surface area is 78.8 Å². The third kappa shape index (κ3) is 3.50. The first-order valence-corrected chi connectivity index (χ1v) is 3.16. The van der Waals surface area contributed by atoms with Gasteiger partial charge in [-0.1, -0.05) is 12.0 Å². The number of halogens is 1. The van der Waals surface area contributed by atoms with E-state index in [1.807, 2.05) is 6.92 Å². The molecule has 0 N–H and O–H groups in total. The topological polar surface area (TPSA) is 23.1 Å². The van der Waals surface area contributed by atoms with E-state index >= 15 is 0 Å². The molecule has 0 saturated heterocycles. The van der Waals surface area contributed by atoms with Crippen LogP contribution in [0.5, 0.6) is 0 Å². The summed E-state index contributed by atoms with van der Waals surface area (Å²) < 4.78 is 0. The van der Waals surface area contributed by atoms with E-state index in [1.165, 1.54) is 6.42 Å². The summed E-state index contributed by atoms with van der Waals surface area (Å²) in [4.78, 5) is 0. The zero-order valence-electron chi connectivity index (χ0n) is 5.99. The molecule has 0 unspecified atom stereocenters. The van der Waals surface area contributed by atoms with Gasteiger partial charge in [-0.25, -0.2) is 0 Å². The van der Waals surface area contributed by atoms with Crippen LogP contribution in [0, 0.1) is 0 Å². The van der Waals surface area contributed by atoms with Crippen molar-refractivity contribution in [3.63, 3.8) is 0 Å². The maximum atomic E-state index is 10.8. The van der Waals surface area contributed by atoms with E-state index in [9.17, 15) is 5.11 Å². The molecule has 0 aromatic heterocycles. The Hall–Kier alpha value is 0.349. The van der Waals surface area contributed by atoms with Crippen molar-refractivity contribution >= 4 is 0 Å². The van der Waals surface area contributed by atoms with Crippen molar-refractivity contribution in [3.05, 3.63) is 11.3 Å². The van der Waals surface area contributed by atoms with Crippen LogP contribution in [0.25, 0.3) is 0 Å². The molecule has 1 nitrogen and oxygen atoms in total. The first kappa shape index (κ1) is 13.0. The first-order valence-electron chi connectivity index (χ1n) is 3.16. The van der Waals surface area contributed by atoms with Gasteiger partial charge in [0.2, 0.25) is 0 Å². The van der Waals surface area contributed by atoms with Gasteiger partial charge in [0.05, 0.1) is 0 Å². The smallest absolute Gasteiger partial charge is 1.00 e. The first-order chi connectivity index (χ1) is 3.80. The largest absolute Gasteiger partial charge is 2.00 e. The van der Waals surface area contributed by atoms with Crippen LogP contribution in [-0.2, 0) is 17.1 Å². The predicted molar refractivity (Wildman–Crippen MR) is 31.2 cm³/mol. The number of hydrogen-bond donors (Lipinski definition) is 0. The molecule has 3 heteroatoms. The molecule has 59 valence electrons. The standard InChI is InChI=1S/C7H12O.ClH.Mn/c1-6-4-2-3-5-7(6)8;;/h8H,2-5H2,1H3;1H;/q;;+2/p-2. The Bertz CT molecular complexity index is 109. The normalized spacial score (nSPS) is 17.3. The second-order valence-electron chi connectivity index (χ2n) is 2.41. The van der Waals surface area contributed by atoms with Crippen molar-refractivity contribution in [2.24, 2.45) is 0 Å². The van der Waals surface area contributed by atoms with E-state index in [0.717, 1.165) is 24.8 Å². The van der Waals surface area contributed by atoms with Gasteiger partial charge in [0.25, 0.3) is 0 Å². The maximum Gasteiger partial charge on any atom is 2.00 e. The molecule has 1 aliphatic rings. The van der Waals surface area contributed by atoms with E-state index in [2.05, 4.69) is 0 Å². The van der Waals surface area contributed by atoms with Crippen LogP contribution in [0.4, 0.5) is 0 Å². The zero-order valence-corrected chi connectivity index (χ0v) is 7.93. The van der Waals surface area contributed by atoms with Crippen molar-refractivity contribution in [2.45, 2.75) is 32.6 Å². The molecule has 0 saturated carbocycles. The molecule has 10 heavy (non-hydrogen) atoms. The fourth-order valence-electron chi connectivity index (χ4n) is 1.03. The molecule has 0 aromatic carbocycles. The minimum Gasteiger partial charge on any atom is -1.00 e. The van der Waals surface area contributed by atoms with E-state index in [-0.39, 0.29) is 29.5 Å². The maximum absolute atomic E-state index is 10.8. The van der Waals surface area contributed by atoms with E-state index in [0.29, 0.717) is 5.76 Å². The number of allylic oxidation sites excluding steroid dienone is 2. The summed E-state index contributed by atoms with van der Waals surface area (Å²) in [5.41, 5.74) is 1.08. The third-order valence-corrected chi connectivity index (χ3v) is 1.68. The van der Waals surface area contributed by atoms with Crippen molar-refractivity contribution in [2.75, 3.05) is 0 Å². The minimum absolute atomic E-state index is 0. The molecule has 1 radical (unpaired) electrons. The molecule has 0 amide bonds. The van der Waals surface area contributed by atoms with Gasteiger partial charge in [0.15, 0.2) is 0 Å². The van der Waals surface area contributed by atoms with Crippen LogP contribution in [-0.4, -0.2) is 0 Å². The van der Waals surface area contributed by atoms with Crippen molar-refractivity contribution in [1.29, 1.82) is 0 Å².